The van der Waals surface area contributed by atoms with Gasteiger partial charge in [-0.15, -0.1) is 0 Å². The molecule has 0 aliphatic rings. The molecule has 110 valence electrons. The zero-order valence-electron chi connectivity index (χ0n) is 12.2. The van der Waals surface area contributed by atoms with Gasteiger partial charge < -0.3 is 9.73 Å². The fourth-order valence-electron chi connectivity index (χ4n) is 1.96. The van der Waals surface area contributed by atoms with Crippen LogP contribution in [0.3, 0.4) is 0 Å². The maximum absolute atomic E-state index is 12.4. The van der Waals surface area contributed by atoms with E-state index in [1.807, 2.05) is 13.8 Å². The van der Waals surface area contributed by atoms with E-state index < -0.39 is 10.0 Å². The molecule has 0 aromatic carbocycles. The Morgan fingerprint density at radius 1 is 1.26 bits per heavy atom. The first kappa shape index (κ1) is 16.2. The van der Waals surface area contributed by atoms with Crippen LogP contribution in [0.25, 0.3) is 0 Å². The summed E-state index contributed by atoms with van der Waals surface area (Å²) < 4.78 is 31.8. The lowest BCUT2D eigenvalue weighted by atomic mass is 10.4. The topological polar surface area (TPSA) is 62.6 Å². The Bertz CT molecular complexity index is 490. The molecule has 0 fully saturated rings. The van der Waals surface area contributed by atoms with Crippen LogP contribution in [-0.2, 0) is 16.6 Å². The lowest BCUT2D eigenvalue weighted by Crippen LogP contribution is -2.30. The summed E-state index contributed by atoms with van der Waals surface area (Å²) in [4.78, 5) is 0.282. The third kappa shape index (κ3) is 3.81. The molecule has 0 amide bonds. The number of nitrogens with one attached hydrogen (secondary N) is 1. The highest BCUT2D eigenvalue weighted by Gasteiger charge is 2.26. The quantitative estimate of drug-likeness (QED) is 0.744. The molecule has 1 N–H and O–H groups in total. The van der Waals surface area contributed by atoms with E-state index in [-0.39, 0.29) is 4.90 Å². The summed E-state index contributed by atoms with van der Waals surface area (Å²) in [5.74, 6) is 1.12. The molecule has 0 unspecified atom stereocenters. The standard InChI is InChI=1S/C13H24N2O3S/c1-5-8-14-10-12-9-13(11(4)18-12)19(16,17)15(6-2)7-3/h9,14H,5-8,10H2,1-4H3. The molecule has 0 atom stereocenters. The lowest BCUT2D eigenvalue weighted by Gasteiger charge is -2.17. The molecule has 0 aliphatic carbocycles. The lowest BCUT2D eigenvalue weighted by molar-refractivity contribution is 0.437. The van der Waals surface area contributed by atoms with Crippen molar-refractivity contribution in [3.8, 4) is 0 Å². The van der Waals surface area contributed by atoms with Gasteiger partial charge >= 0.3 is 0 Å². The van der Waals surface area contributed by atoms with Crippen molar-refractivity contribution in [2.75, 3.05) is 19.6 Å². The van der Waals surface area contributed by atoms with Crippen LogP contribution in [0, 0.1) is 6.92 Å². The molecule has 19 heavy (non-hydrogen) atoms. The van der Waals surface area contributed by atoms with Crippen molar-refractivity contribution in [1.82, 2.24) is 9.62 Å². The van der Waals surface area contributed by atoms with Crippen molar-refractivity contribution < 1.29 is 12.8 Å². The van der Waals surface area contributed by atoms with Crippen molar-refractivity contribution in [3.63, 3.8) is 0 Å². The Balaban J connectivity index is 2.95. The minimum absolute atomic E-state index is 0.282. The van der Waals surface area contributed by atoms with Crippen LogP contribution in [0.4, 0.5) is 0 Å². The minimum atomic E-state index is -3.43. The van der Waals surface area contributed by atoms with Crippen molar-refractivity contribution in [2.24, 2.45) is 0 Å². The monoisotopic (exact) mass is 288 g/mol. The second-order valence-corrected chi connectivity index (χ2v) is 6.31. The Morgan fingerprint density at radius 2 is 1.89 bits per heavy atom. The van der Waals surface area contributed by atoms with E-state index in [0.717, 1.165) is 13.0 Å². The van der Waals surface area contributed by atoms with E-state index in [9.17, 15) is 8.42 Å². The van der Waals surface area contributed by atoms with E-state index in [4.69, 9.17) is 4.42 Å². The number of nitrogens with zero attached hydrogens (tertiary/aromatic N) is 1. The van der Waals surface area contributed by atoms with Gasteiger partial charge in [0, 0.05) is 19.2 Å². The fraction of sp³-hybridized carbons (Fsp3) is 0.692. The van der Waals surface area contributed by atoms with E-state index in [2.05, 4.69) is 12.2 Å². The first-order valence-electron chi connectivity index (χ1n) is 6.77. The highest BCUT2D eigenvalue weighted by molar-refractivity contribution is 7.89. The predicted molar refractivity (Wildman–Crippen MR) is 75.5 cm³/mol. The Kier molecular flexibility index (Phi) is 6.03. The minimum Gasteiger partial charge on any atom is -0.464 e. The van der Waals surface area contributed by atoms with Gasteiger partial charge in [-0.1, -0.05) is 20.8 Å². The molecule has 0 bridgehead atoms. The van der Waals surface area contributed by atoms with Crippen molar-refractivity contribution in [2.45, 2.75) is 45.6 Å². The molecular formula is C13H24N2O3S. The van der Waals surface area contributed by atoms with Crippen LogP contribution in [0.2, 0.25) is 0 Å². The van der Waals surface area contributed by atoms with E-state index in [0.29, 0.717) is 31.2 Å². The van der Waals surface area contributed by atoms with E-state index >= 15 is 0 Å². The molecule has 0 radical (unpaired) electrons. The van der Waals surface area contributed by atoms with Gasteiger partial charge in [-0.05, 0) is 19.9 Å². The SMILES string of the molecule is CCCNCc1cc(S(=O)(=O)N(CC)CC)c(C)o1. The second kappa shape index (κ2) is 7.07. The van der Waals surface area contributed by atoms with Gasteiger partial charge in [0.25, 0.3) is 0 Å². The van der Waals surface area contributed by atoms with Crippen molar-refractivity contribution >= 4 is 10.0 Å². The third-order valence-corrected chi connectivity index (χ3v) is 5.13. The largest absolute Gasteiger partial charge is 0.464 e. The van der Waals surface area contributed by atoms with Gasteiger partial charge in [0.15, 0.2) is 0 Å². The summed E-state index contributed by atoms with van der Waals surface area (Å²) in [6, 6.07) is 1.63. The normalized spacial score (nSPS) is 12.3. The summed E-state index contributed by atoms with van der Waals surface area (Å²) in [7, 11) is -3.43. The van der Waals surface area contributed by atoms with Gasteiger partial charge in [-0.25, -0.2) is 8.42 Å². The third-order valence-electron chi connectivity index (χ3n) is 2.97. The van der Waals surface area contributed by atoms with Crippen LogP contribution < -0.4 is 5.32 Å². The molecule has 1 heterocycles. The summed E-state index contributed by atoms with van der Waals surface area (Å²) in [5, 5.41) is 3.20. The van der Waals surface area contributed by atoms with Crippen LogP contribution >= 0.6 is 0 Å². The number of sulfonamides is 1. The summed E-state index contributed by atoms with van der Waals surface area (Å²) in [6.45, 7) is 9.82. The van der Waals surface area contributed by atoms with Crippen LogP contribution in [0.15, 0.2) is 15.4 Å². The molecule has 0 saturated heterocycles. The van der Waals surface area contributed by atoms with Gasteiger partial charge in [0.2, 0.25) is 10.0 Å². The number of furan rings is 1. The molecule has 0 saturated carbocycles. The van der Waals surface area contributed by atoms with Crippen LogP contribution in [0.5, 0.6) is 0 Å². The molecule has 0 aliphatic heterocycles. The summed E-state index contributed by atoms with van der Waals surface area (Å²) in [5.41, 5.74) is 0. The van der Waals surface area contributed by atoms with Crippen molar-refractivity contribution in [3.05, 3.63) is 17.6 Å². The first-order valence-corrected chi connectivity index (χ1v) is 8.21. The highest BCUT2D eigenvalue weighted by Crippen LogP contribution is 2.23. The summed E-state index contributed by atoms with van der Waals surface area (Å²) >= 11 is 0. The predicted octanol–water partition coefficient (Wildman–Crippen LogP) is 2.12. The van der Waals surface area contributed by atoms with Gasteiger partial charge in [0.1, 0.15) is 16.4 Å². The Hall–Kier alpha value is -0.850. The number of hydrogen-bond acceptors (Lipinski definition) is 4. The van der Waals surface area contributed by atoms with Crippen molar-refractivity contribution in [1.29, 1.82) is 0 Å². The Labute approximate surface area is 116 Å². The van der Waals surface area contributed by atoms with E-state index in [1.165, 1.54) is 4.31 Å². The average Bonchev–Trinajstić information content (AvgIpc) is 2.73. The van der Waals surface area contributed by atoms with Gasteiger partial charge in [-0.3, -0.25) is 0 Å². The number of rotatable bonds is 8. The first-order chi connectivity index (χ1) is 8.97. The van der Waals surface area contributed by atoms with E-state index in [1.54, 1.807) is 13.0 Å². The zero-order chi connectivity index (χ0) is 14.5. The molecule has 0 spiro atoms. The highest BCUT2D eigenvalue weighted by atomic mass is 32.2. The van der Waals surface area contributed by atoms with Crippen LogP contribution in [-0.4, -0.2) is 32.4 Å². The van der Waals surface area contributed by atoms with Crippen LogP contribution in [0.1, 0.15) is 38.7 Å². The zero-order valence-corrected chi connectivity index (χ0v) is 13.0. The smallest absolute Gasteiger partial charge is 0.246 e. The molecular weight excluding hydrogens is 264 g/mol. The molecule has 1 aromatic heterocycles. The fourth-order valence-corrected chi connectivity index (χ4v) is 3.60. The molecule has 1 aromatic rings. The second-order valence-electron chi connectivity index (χ2n) is 4.40. The number of hydrogen-bond donors (Lipinski definition) is 1. The summed E-state index contributed by atoms with van der Waals surface area (Å²) in [6.07, 6.45) is 1.03. The molecule has 6 heteroatoms. The van der Waals surface area contributed by atoms with Gasteiger partial charge in [0.05, 0.1) is 6.54 Å². The maximum atomic E-state index is 12.4. The maximum Gasteiger partial charge on any atom is 0.246 e. The van der Waals surface area contributed by atoms with Gasteiger partial charge in [-0.2, -0.15) is 4.31 Å². The Morgan fingerprint density at radius 3 is 2.42 bits per heavy atom. The molecule has 1 rings (SSSR count). The molecule has 5 nitrogen and oxygen atoms in total. The average molecular weight is 288 g/mol. The number of aryl methyl sites for hydroxylation is 1.